The molecule has 1 aromatic heterocycles. The molecule has 1 aliphatic rings. The lowest BCUT2D eigenvalue weighted by molar-refractivity contribution is -0.144. The highest BCUT2D eigenvalue weighted by Gasteiger charge is 2.27. The third kappa shape index (κ3) is 3.25. The summed E-state index contributed by atoms with van der Waals surface area (Å²) in [5.41, 5.74) is 6.46. The maximum atomic E-state index is 11.9. The summed E-state index contributed by atoms with van der Waals surface area (Å²) in [6.07, 6.45) is 2.44. The first-order valence-corrected chi connectivity index (χ1v) is 5.66. The Morgan fingerprint density at radius 2 is 2.47 bits per heavy atom. The summed E-state index contributed by atoms with van der Waals surface area (Å²) in [6.45, 7) is 2.36. The number of ether oxygens (including phenoxy) is 2. The van der Waals surface area contributed by atoms with Crippen LogP contribution in [0.3, 0.4) is 0 Å². The average Bonchev–Trinajstić information content (AvgIpc) is 2.29. The SMILES string of the molecule is Cc1cc(OC(=O)C2CCOC(N)C2)ccn1. The number of pyridine rings is 1. The smallest absolute Gasteiger partial charge is 0.314 e. The molecule has 1 fully saturated rings. The van der Waals surface area contributed by atoms with Crippen molar-refractivity contribution in [3.63, 3.8) is 0 Å². The van der Waals surface area contributed by atoms with Crippen molar-refractivity contribution in [2.45, 2.75) is 26.0 Å². The molecule has 17 heavy (non-hydrogen) atoms. The number of aryl methyl sites for hydroxylation is 1. The molecule has 0 bridgehead atoms. The van der Waals surface area contributed by atoms with E-state index < -0.39 is 0 Å². The number of carbonyl (C=O) groups excluding carboxylic acids is 1. The van der Waals surface area contributed by atoms with Crippen LogP contribution < -0.4 is 10.5 Å². The van der Waals surface area contributed by atoms with Gasteiger partial charge in [0.05, 0.1) is 5.92 Å². The Hall–Kier alpha value is -1.46. The fraction of sp³-hybridized carbons (Fsp3) is 0.500. The van der Waals surface area contributed by atoms with Crippen LogP contribution in [0.1, 0.15) is 18.5 Å². The van der Waals surface area contributed by atoms with E-state index in [4.69, 9.17) is 15.2 Å². The zero-order chi connectivity index (χ0) is 12.3. The molecule has 2 rings (SSSR count). The lowest BCUT2D eigenvalue weighted by Crippen LogP contribution is -2.37. The van der Waals surface area contributed by atoms with Gasteiger partial charge >= 0.3 is 5.97 Å². The molecule has 0 amide bonds. The van der Waals surface area contributed by atoms with Crippen LogP contribution in [0.15, 0.2) is 18.3 Å². The monoisotopic (exact) mass is 236 g/mol. The van der Waals surface area contributed by atoms with E-state index in [1.54, 1.807) is 18.3 Å². The van der Waals surface area contributed by atoms with E-state index in [0.717, 1.165) is 5.69 Å². The number of hydrogen-bond acceptors (Lipinski definition) is 5. The number of aromatic nitrogens is 1. The van der Waals surface area contributed by atoms with E-state index in [1.165, 1.54) is 0 Å². The molecule has 1 aliphatic heterocycles. The normalized spacial score (nSPS) is 24.4. The van der Waals surface area contributed by atoms with Crippen LogP contribution in [-0.2, 0) is 9.53 Å². The molecule has 2 heterocycles. The van der Waals surface area contributed by atoms with Crippen LogP contribution >= 0.6 is 0 Å². The van der Waals surface area contributed by atoms with Crippen LogP contribution in [0.25, 0.3) is 0 Å². The first kappa shape index (κ1) is 12.0. The predicted molar refractivity (Wildman–Crippen MR) is 61.3 cm³/mol. The van der Waals surface area contributed by atoms with Crippen molar-refractivity contribution >= 4 is 5.97 Å². The maximum Gasteiger partial charge on any atom is 0.314 e. The molecule has 5 heteroatoms. The van der Waals surface area contributed by atoms with Gasteiger partial charge in [0, 0.05) is 31.0 Å². The fourth-order valence-corrected chi connectivity index (χ4v) is 1.82. The maximum absolute atomic E-state index is 11.9. The van der Waals surface area contributed by atoms with E-state index in [2.05, 4.69) is 4.98 Å². The molecule has 1 saturated heterocycles. The number of rotatable bonds is 2. The summed E-state index contributed by atoms with van der Waals surface area (Å²) >= 11 is 0. The number of carbonyl (C=O) groups is 1. The largest absolute Gasteiger partial charge is 0.426 e. The topological polar surface area (TPSA) is 74.4 Å². The van der Waals surface area contributed by atoms with Gasteiger partial charge in [0.15, 0.2) is 0 Å². The first-order valence-electron chi connectivity index (χ1n) is 5.66. The minimum absolute atomic E-state index is 0.174. The van der Waals surface area contributed by atoms with Gasteiger partial charge in [0.25, 0.3) is 0 Å². The number of hydrogen-bond donors (Lipinski definition) is 1. The lowest BCUT2D eigenvalue weighted by Gasteiger charge is -2.25. The second-order valence-electron chi connectivity index (χ2n) is 4.18. The molecule has 0 spiro atoms. The summed E-state index contributed by atoms with van der Waals surface area (Å²) in [7, 11) is 0. The molecule has 2 unspecified atom stereocenters. The summed E-state index contributed by atoms with van der Waals surface area (Å²) < 4.78 is 10.5. The van der Waals surface area contributed by atoms with Gasteiger partial charge in [-0.3, -0.25) is 9.78 Å². The van der Waals surface area contributed by atoms with Crippen molar-refractivity contribution in [2.75, 3.05) is 6.61 Å². The van der Waals surface area contributed by atoms with Crippen molar-refractivity contribution in [3.8, 4) is 5.75 Å². The van der Waals surface area contributed by atoms with Gasteiger partial charge in [-0.2, -0.15) is 0 Å². The van der Waals surface area contributed by atoms with E-state index in [1.807, 2.05) is 6.92 Å². The van der Waals surface area contributed by atoms with Crippen LogP contribution in [0, 0.1) is 12.8 Å². The Labute approximate surface area is 99.9 Å². The molecule has 0 aliphatic carbocycles. The molecule has 2 atom stereocenters. The molecule has 0 saturated carbocycles. The number of esters is 1. The second-order valence-corrected chi connectivity index (χ2v) is 4.18. The highest BCUT2D eigenvalue weighted by Crippen LogP contribution is 2.21. The van der Waals surface area contributed by atoms with Crippen LogP contribution in [0.4, 0.5) is 0 Å². The zero-order valence-corrected chi connectivity index (χ0v) is 9.76. The fourth-order valence-electron chi connectivity index (χ4n) is 1.82. The van der Waals surface area contributed by atoms with E-state index in [9.17, 15) is 4.79 Å². The minimum Gasteiger partial charge on any atom is -0.426 e. The molecular weight excluding hydrogens is 220 g/mol. The van der Waals surface area contributed by atoms with Crippen LogP contribution in [0.2, 0.25) is 0 Å². The highest BCUT2D eigenvalue weighted by molar-refractivity contribution is 5.75. The Bertz CT molecular complexity index is 408. The summed E-state index contributed by atoms with van der Waals surface area (Å²) in [4.78, 5) is 15.9. The Morgan fingerprint density at radius 3 is 3.18 bits per heavy atom. The van der Waals surface area contributed by atoms with E-state index in [0.29, 0.717) is 25.2 Å². The Morgan fingerprint density at radius 1 is 1.65 bits per heavy atom. The van der Waals surface area contributed by atoms with Gasteiger partial charge in [-0.1, -0.05) is 0 Å². The summed E-state index contributed by atoms with van der Waals surface area (Å²) in [5, 5.41) is 0. The van der Waals surface area contributed by atoms with Crippen molar-refractivity contribution in [2.24, 2.45) is 11.7 Å². The molecule has 5 nitrogen and oxygen atoms in total. The molecule has 0 radical (unpaired) electrons. The number of nitrogens with two attached hydrogens (primary N) is 1. The van der Waals surface area contributed by atoms with Gasteiger partial charge < -0.3 is 15.2 Å². The van der Waals surface area contributed by atoms with E-state index >= 15 is 0 Å². The van der Waals surface area contributed by atoms with Crippen molar-refractivity contribution in [1.29, 1.82) is 0 Å². The molecular formula is C12H16N2O3. The van der Waals surface area contributed by atoms with Gasteiger partial charge in [-0.15, -0.1) is 0 Å². The van der Waals surface area contributed by atoms with E-state index in [-0.39, 0.29) is 18.1 Å². The third-order valence-electron chi connectivity index (χ3n) is 2.73. The molecule has 92 valence electrons. The molecule has 1 aromatic rings. The van der Waals surface area contributed by atoms with Crippen LogP contribution in [-0.4, -0.2) is 23.8 Å². The van der Waals surface area contributed by atoms with Crippen molar-refractivity contribution in [3.05, 3.63) is 24.0 Å². The summed E-state index contributed by atoms with van der Waals surface area (Å²) in [5.74, 6) is 0.115. The highest BCUT2D eigenvalue weighted by atomic mass is 16.5. The third-order valence-corrected chi connectivity index (χ3v) is 2.73. The Kier molecular flexibility index (Phi) is 3.71. The van der Waals surface area contributed by atoms with Crippen molar-refractivity contribution < 1.29 is 14.3 Å². The quantitative estimate of drug-likeness (QED) is 0.775. The summed E-state index contributed by atoms with van der Waals surface area (Å²) in [6, 6.07) is 3.40. The number of nitrogens with zero attached hydrogens (tertiary/aromatic N) is 1. The predicted octanol–water partition coefficient (Wildman–Crippen LogP) is 1.01. The van der Waals surface area contributed by atoms with Gasteiger partial charge in [-0.25, -0.2) is 0 Å². The van der Waals surface area contributed by atoms with Crippen molar-refractivity contribution in [1.82, 2.24) is 4.98 Å². The molecule has 2 N–H and O–H groups in total. The van der Waals surface area contributed by atoms with Gasteiger partial charge in [-0.05, 0) is 19.4 Å². The molecule has 0 aromatic carbocycles. The minimum atomic E-state index is -0.361. The Balaban J connectivity index is 1.96. The lowest BCUT2D eigenvalue weighted by atomic mass is 9.99. The van der Waals surface area contributed by atoms with Gasteiger partial charge in [0.2, 0.25) is 0 Å². The van der Waals surface area contributed by atoms with Crippen LogP contribution in [0.5, 0.6) is 5.75 Å². The second kappa shape index (κ2) is 5.25. The van der Waals surface area contributed by atoms with Gasteiger partial charge in [0.1, 0.15) is 12.0 Å². The standard InChI is InChI=1S/C12H16N2O3/c1-8-6-10(2-4-14-8)17-12(15)9-3-5-16-11(13)7-9/h2,4,6,9,11H,3,5,7,13H2,1H3. The zero-order valence-electron chi connectivity index (χ0n) is 9.76. The first-order chi connectivity index (χ1) is 8.15. The average molecular weight is 236 g/mol.